The van der Waals surface area contributed by atoms with Crippen LogP contribution in [0.15, 0.2) is 12.1 Å². The molecule has 0 heterocycles. The number of anilines is 1. The number of carbonyl (C=O) groups is 1. The number of amides is 1. The van der Waals surface area contributed by atoms with E-state index in [-0.39, 0.29) is 16.7 Å². The molecule has 14 heavy (non-hydrogen) atoms. The Labute approximate surface area is 87.9 Å². The zero-order valence-corrected chi connectivity index (χ0v) is 9.09. The molecule has 3 nitrogen and oxygen atoms in total. The topological polar surface area (TPSA) is 40.5 Å². The number of hydrogen-bond donors (Lipinski definition) is 1. The van der Waals surface area contributed by atoms with Gasteiger partial charge in [0.05, 0.1) is 5.69 Å². The van der Waals surface area contributed by atoms with E-state index in [4.69, 9.17) is 11.6 Å². The first-order valence-corrected chi connectivity index (χ1v) is 4.54. The molecular formula is C10H12ClNO2. The lowest BCUT2D eigenvalue weighted by atomic mass is 10.2. The summed E-state index contributed by atoms with van der Waals surface area (Å²) in [5.41, 5.74) is 1.38. The third-order valence-corrected chi connectivity index (χ3v) is 2.40. The van der Waals surface area contributed by atoms with Crippen molar-refractivity contribution in [3.63, 3.8) is 0 Å². The van der Waals surface area contributed by atoms with Crippen molar-refractivity contribution in [2.45, 2.75) is 13.8 Å². The number of aryl methyl sites for hydroxylation is 1. The number of benzene rings is 1. The molecule has 0 aliphatic heterocycles. The maximum absolute atomic E-state index is 11.1. The van der Waals surface area contributed by atoms with Crippen LogP contribution in [0.2, 0.25) is 5.02 Å². The van der Waals surface area contributed by atoms with Crippen molar-refractivity contribution < 1.29 is 9.90 Å². The first-order chi connectivity index (χ1) is 6.43. The van der Waals surface area contributed by atoms with Crippen molar-refractivity contribution in [3.8, 4) is 5.75 Å². The van der Waals surface area contributed by atoms with E-state index in [0.29, 0.717) is 5.69 Å². The minimum absolute atomic E-state index is 0.00485. The molecule has 76 valence electrons. The quantitative estimate of drug-likeness (QED) is 0.778. The number of halogens is 1. The summed E-state index contributed by atoms with van der Waals surface area (Å²) in [6.45, 7) is 3.27. The monoisotopic (exact) mass is 213 g/mol. The van der Waals surface area contributed by atoms with Crippen LogP contribution in [0, 0.1) is 6.92 Å². The Hall–Kier alpha value is -1.22. The van der Waals surface area contributed by atoms with Gasteiger partial charge in [-0.25, -0.2) is 0 Å². The number of phenols is 1. The smallest absolute Gasteiger partial charge is 0.223 e. The molecule has 0 spiro atoms. The van der Waals surface area contributed by atoms with Crippen LogP contribution in [0.1, 0.15) is 12.5 Å². The summed E-state index contributed by atoms with van der Waals surface area (Å²) in [6, 6.07) is 3.31. The molecule has 1 N–H and O–H groups in total. The molecule has 0 atom stereocenters. The predicted molar refractivity (Wildman–Crippen MR) is 56.9 cm³/mol. The lowest BCUT2D eigenvalue weighted by Gasteiger charge is -2.17. The Bertz CT molecular complexity index is 377. The fourth-order valence-electron chi connectivity index (χ4n) is 1.14. The molecule has 0 radical (unpaired) electrons. The van der Waals surface area contributed by atoms with Gasteiger partial charge in [0.25, 0.3) is 0 Å². The summed E-state index contributed by atoms with van der Waals surface area (Å²) in [5, 5.41) is 9.64. The Balaban J connectivity index is 3.26. The number of nitrogens with zero attached hydrogens (tertiary/aromatic N) is 1. The van der Waals surface area contributed by atoms with Crippen molar-refractivity contribution >= 4 is 23.2 Å². The van der Waals surface area contributed by atoms with Gasteiger partial charge in [0, 0.05) is 14.0 Å². The molecule has 0 aromatic heterocycles. The Morgan fingerprint density at radius 1 is 1.50 bits per heavy atom. The number of hydrogen-bond acceptors (Lipinski definition) is 2. The molecular weight excluding hydrogens is 202 g/mol. The van der Waals surface area contributed by atoms with E-state index in [1.807, 2.05) is 6.92 Å². The molecule has 0 aliphatic rings. The second-order valence-electron chi connectivity index (χ2n) is 3.20. The van der Waals surface area contributed by atoms with Crippen molar-refractivity contribution in [3.05, 3.63) is 22.7 Å². The molecule has 1 aromatic rings. The van der Waals surface area contributed by atoms with E-state index in [1.165, 1.54) is 11.8 Å². The summed E-state index contributed by atoms with van der Waals surface area (Å²) < 4.78 is 0. The average Bonchev–Trinajstić information content (AvgIpc) is 2.09. The fraction of sp³-hybridized carbons (Fsp3) is 0.300. The van der Waals surface area contributed by atoms with Crippen molar-refractivity contribution in [1.82, 2.24) is 0 Å². The summed E-state index contributed by atoms with van der Waals surface area (Å²) in [6.07, 6.45) is 0. The number of carbonyl (C=O) groups excluding carboxylic acids is 1. The van der Waals surface area contributed by atoms with E-state index in [1.54, 1.807) is 19.2 Å². The Kier molecular flexibility index (Phi) is 3.01. The standard InChI is InChI=1S/C10H12ClNO2/c1-6-4-8(12(3)7(2)13)10(11)9(14)5-6/h4-5,14H,1-3H3. The number of phenolic OH excluding ortho intramolecular Hbond substituents is 1. The minimum Gasteiger partial charge on any atom is -0.506 e. The van der Waals surface area contributed by atoms with E-state index in [2.05, 4.69) is 0 Å². The maximum Gasteiger partial charge on any atom is 0.223 e. The van der Waals surface area contributed by atoms with Crippen LogP contribution in [0.3, 0.4) is 0 Å². The van der Waals surface area contributed by atoms with Crippen LogP contribution < -0.4 is 4.90 Å². The van der Waals surface area contributed by atoms with Gasteiger partial charge in [0.15, 0.2) is 0 Å². The van der Waals surface area contributed by atoms with E-state index < -0.39 is 0 Å². The molecule has 0 saturated heterocycles. The Morgan fingerprint density at radius 3 is 2.57 bits per heavy atom. The van der Waals surface area contributed by atoms with Gasteiger partial charge < -0.3 is 10.0 Å². The number of rotatable bonds is 1. The predicted octanol–water partition coefficient (Wildman–Crippen LogP) is 2.34. The highest BCUT2D eigenvalue weighted by atomic mass is 35.5. The molecule has 0 aliphatic carbocycles. The highest BCUT2D eigenvalue weighted by Gasteiger charge is 2.13. The first kappa shape index (κ1) is 10.9. The van der Waals surface area contributed by atoms with Gasteiger partial charge in [-0.15, -0.1) is 0 Å². The zero-order valence-electron chi connectivity index (χ0n) is 8.34. The van der Waals surface area contributed by atoms with Crippen LogP contribution in [-0.2, 0) is 4.79 Å². The highest BCUT2D eigenvalue weighted by molar-refractivity contribution is 6.35. The lowest BCUT2D eigenvalue weighted by molar-refractivity contribution is -0.116. The second kappa shape index (κ2) is 3.88. The maximum atomic E-state index is 11.1. The van der Waals surface area contributed by atoms with E-state index in [9.17, 15) is 9.90 Å². The molecule has 0 fully saturated rings. The van der Waals surface area contributed by atoms with Crippen LogP contribution in [0.4, 0.5) is 5.69 Å². The van der Waals surface area contributed by atoms with Crippen LogP contribution >= 0.6 is 11.6 Å². The minimum atomic E-state index is -0.128. The van der Waals surface area contributed by atoms with Gasteiger partial charge in [-0.1, -0.05) is 11.6 Å². The molecule has 1 rings (SSSR count). The van der Waals surface area contributed by atoms with Gasteiger partial charge in [-0.05, 0) is 24.6 Å². The SMILES string of the molecule is CC(=O)N(C)c1cc(C)cc(O)c1Cl. The average molecular weight is 214 g/mol. The van der Waals surface area contributed by atoms with Crippen molar-refractivity contribution in [1.29, 1.82) is 0 Å². The molecule has 1 aromatic carbocycles. The molecule has 1 amide bonds. The number of aromatic hydroxyl groups is 1. The van der Waals surface area contributed by atoms with Crippen LogP contribution in [0.5, 0.6) is 5.75 Å². The summed E-state index contributed by atoms with van der Waals surface area (Å²) in [4.78, 5) is 12.5. The summed E-state index contributed by atoms with van der Waals surface area (Å²) >= 11 is 5.86. The van der Waals surface area contributed by atoms with Crippen LogP contribution in [0.25, 0.3) is 0 Å². The van der Waals surface area contributed by atoms with E-state index >= 15 is 0 Å². The van der Waals surface area contributed by atoms with E-state index in [0.717, 1.165) is 5.56 Å². The summed E-state index contributed by atoms with van der Waals surface area (Å²) in [7, 11) is 1.61. The fourth-order valence-corrected chi connectivity index (χ4v) is 1.38. The van der Waals surface area contributed by atoms with Crippen molar-refractivity contribution in [2.24, 2.45) is 0 Å². The molecule has 4 heteroatoms. The molecule has 0 unspecified atom stereocenters. The second-order valence-corrected chi connectivity index (χ2v) is 3.57. The normalized spacial score (nSPS) is 10.0. The molecule has 0 saturated carbocycles. The summed E-state index contributed by atoms with van der Waals surface area (Å²) in [5.74, 6) is -0.133. The van der Waals surface area contributed by atoms with Crippen molar-refractivity contribution in [2.75, 3.05) is 11.9 Å². The molecule has 0 bridgehead atoms. The highest BCUT2D eigenvalue weighted by Crippen LogP contribution is 2.34. The largest absolute Gasteiger partial charge is 0.506 e. The third kappa shape index (κ3) is 1.99. The van der Waals surface area contributed by atoms with Crippen LogP contribution in [-0.4, -0.2) is 18.1 Å². The first-order valence-electron chi connectivity index (χ1n) is 4.17. The van der Waals surface area contributed by atoms with Gasteiger partial charge >= 0.3 is 0 Å². The van der Waals surface area contributed by atoms with Gasteiger partial charge in [-0.2, -0.15) is 0 Å². The third-order valence-electron chi connectivity index (χ3n) is 2.01. The van der Waals surface area contributed by atoms with Gasteiger partial charge in [-0.3, -0.25) is 4.79 Å². The lowest BCUT2D eigenvalue weighted by Crippen LogP contribution is -2.23. The zero-order chi connectivity index (χ0) is 10.9. The van der Waals surface area contributed by atoms with Gasteiger partial charge in [0.1, 0.15) is 10.8 Å². The van der Waals surface area contributed by atoms with Gasteiger partial charge in [0.2, 0.25) is 5.91 Å². The Morgan fingerprint density at radius 2 is 2.07 bits per heavy atom.